The Balaban J connectivity index is 1.69. The molecule has 0 unspecified atom stereocenters. The van der Waals surface area contributed by atoms with E-state index in [2.05, 4.69) is 10.3 Å². The maximum Gasteiger partial charge on any atom is 0.253 e. The Morgan fingerprint density at radius 1 is 1.08 bits per heavy atom. The number of carbonyl (C=O) groups excluding carboxylic acids is 1. The molecular weight excluding hydrogens is 312 g/mol. The largest absolute Gasteiger partial charge is 0.383 e. The lowest BCUT2D eigenvalue weighted by Gasteiger charge is -2.10. The van der Waals surface area contributed by atoms with E-state index in [0.29, 0.717) is 11.1 Å². The van der Waals surface area contributed by atoms with Gasteiger partial charge in [-0.2, -0.15) is 0 Å². The average molecular weight is 330 g/mol. The van der Waals surface area contributed by atoms with Crippen LogP contribution in [0.2, 0.25) is 0 Å². The van der Waals surface area contributed by atoms with Crippen LogP contribution in [-0.2, 0) is 0 Å². The van der Waals surface area contributed by atoms with Gasteiger partial charge in [0.1, 0.15) is 5.82 Å². The highest BCUT2D eigenvalue weighted by Gasteiger charge is 2.24. The van der Waals surface area contributed by atoms with Gasteiger partial charge in [0.25, 0.3) is 5.91 Å². The van der Waals surface area contributed by atoms with E-state index in [1.54, 1.807) is 6.07 Å². The van der Waals surface area contributed by atoms with Crippen LogP contribution in [0.3, 0.4) is 0 Å². The van der Waals surface area contributed by atoms with Gasteiger partial charge in [-0.3, -0.25) is 10.2 Å². The van der Waals surface area contributed by atoms with Crippen LogP contribution in [0.5, 0.6) is 0 Å². The molecule has 0 bridgehead atoms. The highest BCUT2D eigenvalue weighted by Crippen LogP contribution is 2.22. The molecule has 0 saturated heterocycles. The van der Waals surface area contributed by atoms with Crippen LogP contribution in [0.15, 0.2) is 54.7 Å². The van der Waals surface area contributed by atoms with Crippen LogP contribution in [0, 0.1) is 5.41 Å². The predicted octanol–water partition coefficient (Wildman–Crippen LogP) is 3.13. The van der Waals surface area contributed by atoms with Gasteiger partial charge in [-0.1, -0.05) is 36.4 Å². The molecule has 5 nitrogen and oxygen atoms in total. The second kappa shape index (κ2) is 6.02. The Morgan fingerprint density at radius 2 is 1.84 bits per heavy atom. The third kappa shape index (κ3) is 3.08. The highest BCUT2D eigenvalue weighted by atomic mass is 16.1. The smallest absolute Gasteiger partial charge is 0.253 e. The number of hydrogen-bond donors (Lipinski definition) is 3. The first kappa shape index (κ1) is 15.3. The van der Waals surface area contributed by atoms with Crippen molar-refractivity contribution >= 4 is 28.2 Å². The fourth-order valence-corrected chi connectivity index (χ4v) is 2.80. The number of aromatic nitrogens is 1. The SMILES string of the molecule is N=C(c1ccc2ccccc2c1)c1cc(C(=O)NC2CC2)cnc1N. The van der Waals surface area contributed by atoms with Gasteiger partial charge < -0.3 is 11.1 Å². The van der Waals surface area contributed by atoms with Crippen LogP contribution >= 0.6 is 0 Å². The second-order valence-electron chi connectivity index (χ2n) is 6.34. The number of nitrogen functional groups attached to an aromatic ring is 1. The van der Waals surface area contributed by atoms with E-state index in [4.69, 9.17) is 11.1 Å². The summed E-state index contributed by atoms with van der Waals surface area (Å²) < 4.78 is 0. The summed E-state index contributed by atoms with van der Waals surface area (Å²) in [6.45, 7) is 0. The Hall–Kier alpha value is -3.21. The number of rotatable bonds is 4. The molecule has 4 N–H and O–H groups in total. The van der Waals surface area contributed by atoms with Crippen LogP contribution < -0.4 is 11.1 Å². The summed E-state index contributed by atoms with van der Waals surface area (Å²) in [6, 6.07) is 15.7. The molecule has 1 heterocycles. The van der Waals surface area contributed by atoms with Crippen LogP contribution in [0.4, 0.5) is 5.82 Å². The fraction of sp³-hybridized carbons (Fsp3) is 0.150. The van der Waals surface area contributed by atoms with Gasteiger partial charge in [0.05, 0.1) is 11.3 Å². The van der Waals surface area contributed by atoms with Crippen molar-refractivity contribution < 1.29 is 4.79 Å². The average Bonchev–Trinajstić information content (AvgIpc) is 3.45. The van der Waals surface area contributed by atoms with E-state index < -0.39 is 0 Å². The number of nitrogens with two attached hydrogens (primary N) is 1. The molecule has 124 valence electrons. The Bertz CT molecular complexity index is 992. The van der Waals surface area contributed by atoms with E-state index in [1.807, 2.05) is 42.5 Å². The zero-order valence-electron chi connectivity index (χ0n) is 13.6. The summed E-state index contributed by atoms with van der Waals surface area (Å²) >= 11 is 0. The minimum atomic E-state index is -0.164. The minimum absolute atomic E-state index is 0.164. The molecule has 4 rings (SSSR count). The number of fused-ring (bicyclic) bond motifs is 1. The Kier molecular flexibility index (Phi) is 3.69. The first-order chi connectivity index (χ1) is 12.1. The third-order valence-electron chi connectivity index (χ3n) is 4.40. The summed E-state index contributed by atoms with van der Waals surface area (Å²) in [5.74, 6) is 0.0868. The molecule has 1 amide bonds. The summed E-state index contributed by atoms with van der Waals surface area (Å²) in [5.41, 5.74) is 7.88. The van der Waals surface area contributed by atoms with Crippen LogP contribution in [0.25, 0.3) is 10.8 Å². The number of benzene rings is 2. The third-order valence-corrected chi connectivity index (χ3v) is 4.40. The predicted molar refractivity (Wildman–Crippen MR) is 99.0 cm³/mol. The minimum Gasteiger partial charge on any atom is -0.383 e. The van der Waals surface area contributed by atoms with E-state index in [-0.39, 0.29) is 23.5 Å². The fourth-order valence-electron chi connectivity index (χ4n) is 2.80. The Labute approximate surface area is 145 Å². The quantitative estimate of drug-likeness (QED) is 0.642. The first-order valence-electron chi connectivity index (χ1n) is 8.26. The lowest BCUT2D eigenvalue weighted by Crippen LogP contribution is -2.26. The van der Waals surface area contributed by atoms with Gasteiger partial charge in [-0.15, -0.1) is 0 Å². The van der Waals surface area contributed by atoms with Crippen LogP contribution in [0.1, 0.15) is 34.3 Å². The van der Waals surface area contributed by atoms with Crippen molar-refractivity contribution in [1.29, 1.82) is 5.41 Å². The molecule has 1 fully saturated rings. The van der Waals surface area contributed by atoms with Crippen molar-refractivity contribution in [2.75, 3.05) is 5.73 Å². The van der Waals surface area contributed by atoms with Crippen molar-refractivity contribution in [1.82, 2.24) is 10.3 Å². The van der Waals surface area contributed by atoms with E-state index in [0.717, 1.165) is 29.2 Å². The van der Waals surface area contributed by atoms with E-state index in [9.17, 15) is 4.79 Å². The summed E-state index contributed by atoms with van der Waals surface area (Å²) in [5, 5.41) is 13.6. The number of nitrogens with one attached hydrogen (secondary N) is 2. The van der Waals surface area contributed by atoms with Crippen molar-refractivity contribution in [2.45, 2.75) is 18.9 Å². The molecule has 0 spiro atoms. The van der Waals surface area contributed by atoms with Crippen molar-refractivity contribution in [3.8, 4) is 0 Å². The lowest BCUT2D eigenvalue weighted by atomic mass is 9.98. The molecule has 2 aromatic carbocycles. The maximum atomic E-state index is 12.2. The summed E-state index contributed by atoms with van der Waals surface area (Å²) in [7, 11) is 0. The number of carbonyl (C=O) groups is 1. The number of amides is 1. The molecular formula is C20H18N4O. The zero-order valence-corrected chi connectivity index (χ0v) is 13.6. The molecule has 1 aromatic heterocycles. The van der Waals surface area contributed by atoms with Gasteiger partial charge in [0.15, 0.2) is 0 Å². The molecule has 0 atom stereocenters. The van der Waals surface area contributed by atoms with E-state index in [1.165, 1.54) is 6.20 Å². The van der Waals surface area contributed by atoms with Gasteiger partial charge in [0.2, 0.25) is 0 Å². The molecule has 0 aliphatic heterocycles. The standard InChI is InChI=1S/C20H18N4O/c21-18(14-6-5-12-3-1-2-4-13(12)9-14)17-10-15(11-23-19(17)22)20(25)24-16-7-8-16/h1-6,9-11,16,21H,7-8H2,(H2,22,23)(H,24,25). The summed E-state index contributed by atoms with van der Waals surface area (Å²) in [6.07, 6.45) is 3.51. The topological polar surface area (TPSA) is 91.9 Å². The van der Waals surface area contributed by atoms with E-state index >= 15 is 0 Å². The lowest BCUT2D eigenvalue weighted by molar-refractivity contribution is 0.0950. The summed E-state index contributed by atoms with van der Waals surface area (Å²) in [4.78, 5) is 16.3. The number of pyridine rings is 1. The number of anilines is 1. The van der Waals surface area contributed by atoms with Crippen LogP contribution in [-0.4, -0.2) is 22.6 Å². The number of hydrogen-bond acceptors (Lipinski definition) is 4. The molecule has 25 heavy (non-hydrogen) atoms. The zero-order chi connectivity index (χ0) is 17.4. The molecule has 3 aromatic rings. The molecule has 1 aliphatic carbocycles. The first-order valence-corrected chi connectivity index (χ1v) is 8.26. The normalized spacial score (nSPS) is 13.6. The van der Waals surface area contributed by atoms with Crippen molar-refractivity contribution in [3.05, 3.63) is 71.4 Å². The van der Waals surface area contributed by atoms with Gasteiger partial charge in [-0.05, 0) is 35.7 Å². The molecule has 1 aliphatic rings. The van der Waals surface area contributed by atoms with Gasteiger partial charge >= 0.3 is 0 Å². The molecule has 1 saturated carbocycles. The highest BCUT2D eigenvalue weighted by molar-refractivity contribution is 6.15. The van der Waals surface area contributed by atoms with Crippen molar-refractivity contribution in [3.63, 3.8) is 0 Å². The van der Waals surface area contributed by atoms with Gasteiger partial charge in [0, 0.05) is 23.4 Å². The molecule has 5 heteroatoms. The maximum absolute atomic E-state index is 12.2. The second-order valence-corrected chi connectivity index (χ2v) is 6.34. The Morgan fingerprint density at radius 3 is 2.60 bits per heavy atom. The van der Waals surface area contributed by atoms with Gasteiger partial charge in [-0.25, -0.2) is 4.98 Å². The monoisotopic (exact) mass is 330 g/mol. The number of nitrogens with zero attached hydrogens (tertiary/aromatic N) is 1. The van der Waals surface area contributed by atoms with Crippen molar-refractivity contribution in [2.24, 2.45) is 0 Å². The molecule has 0 radical (unpaired) electrons.